The van der Waals surface area contributed by atoms with Crippen LogP contribution in [0.5, 0.6) is 0 Å². The van der Waals surface area contributed by atoms with Crippen LogP contribution in [0.2, 0.25) is 0 Å². The molecular weight excluding hydrogens is 316 g/mol. The zero-order valence-corrected chi connectivity index (χ0v) is 13.8. The standard InChI is InChI=1S/C19H20N4O2/c20-16(12-14-6-2-1-3-7-14)19-23-17(13-25-19)18(24)22-11-9-15-8-4-5-10-21-15/h1-8,10,13,16H,9,11-12,20H2,(H,22,24). The fraction of sp³-hybridized carbons (Fsp3) is 0.211. The van der Waals surface area contributed by atoms with E-state index in [0.717, 1.165) is 11.3 Å². The van der Waals surface area contributed by atoms with Gasteiger partial charge in [0, 0.05) is 24.9 Å². The first-order valence-electron chi connectivity index (χ1n) is 8.15. The van der Waals surface area contributed by atoms with Crippen molar-refractivity contribution >= 4 is 5.91 Å². The molecule has 2 heterocycles. The molecule has 25 heavy (non-hydrogen) atoms. The molecule has 0 aliphatic carbocycles. The fourth-order valence-corrected chi connectivity index (χ4v) is 2.46. The molecule has 0 saturated carbocycles. The normalized spacial score (nSPS) is 11.9. The Bertz CT molecular complexity index is 803. The summed E-state index contributed by atoms with van der Waals surface area (Å²) >= 11 is 0. The number of hydrogen-bond donors (Lipinski definition) is 2. The second kappa shape index (κ2) is 8.21. The summed E-state index contributed by atoms with van der Waals surface area (Å²) in [6, 6.07) is 15.2. The lowest BCUT2D eigenvalue weighted by Gasteiger charge is -2.07. The van der Waals surface area contributed by atoms with Crippen molar-refractivity contribution in [3.05, 3.63) is 83.8 Å². The molecule has 3 N–H and O–H groups in total. The fourth-order valence-electron chi connectivity index (χ4n) is 2.46. The molecule has 128 valence electrons. The molecule has 0 spiro atoms. The number of amides is 1. The van der Waals surface area contributed by atoms with Crippen molar-refractivity contribution in [2.24, 2.45) is 5.73 Å². The SMILES string of the molecule is NC(Cc1ccccc1)c1nc(C(=O)NCCc2ccccn2)co1. The van der Waals surface area contributed by atoms with E-state index in [4.69, 9.17) is 10.2 Å². The maximum absolute atomic E-state index is 12.1. The minimum atomic E-state index is -0.391. The summed E-state index contributed by atoms with van der Waals surface area (Å²) in [7, 11) is 0. The average molecular weight is 336 g/mol. The van der Waals surface area contributed by atoms with E-state index in [2.05, 4.69) is 15.3 Å². The molecule has 2 aromatic heterocycles. The molecule has 0 fully saturated rings. The van der Waals surface area contributed by atoms with E-state index in [1.54, 1.807) is 6.20 Å². The van der Waals surface area contributed by atoms with Gasteiger partial charge >= 0.3 is 0 Å². The predicted octanol–water partition coefficient (Wildman–Crippen LogP) is 2.28. The van der Waals surface area contributed by atoms with Crippen molar-refractivity contribution in [3.63, 3.8) is 0 Å². The average Bonchev–Trinajstić information content (AvgIpc) is 3.14. The van der Waals surface area contributed by atoms with Crippen LogP contribution >= 0.6 is 0 Å². The number of oxazole rings is 1. The first kappa shape index (κ1) is 16.9. The van der Waals surface area contributed by atoms with Gasteiger partial charge in [-0.25, -0.2) is 4.98 Å². The number of carbonyl (C=O) groups excluding carboxylic acids is 1. The molecule has 0 aliphatic rings. The van der Waals surface area contributed by atoms with Crippen LogP contribution in [0, 0.1) is 0 Å². The zero-order valence-electron chi connectivity index (χ0n) is 13.8. The molecule has 0 bridgehead atoms. The van der Waals surface area contributed by atoms with E-state index in [-0.39, 0.29) is 11.6 Å². The summed E-state index contributed by atoms with van der Waals surface area (Å²) in [6.07, 6.45) is 4.33. The van der Waals surface area contributed by atoms with Crippen LogP contribution in [0.4, 0.5) is 0 Å². The molecule has 0 aliphatic heterocycles. The topological polar surface area (TPSA) is 94.0 Å². The molecule has 1 aromatic carbocycles. The predicted molar refractivity (Wildman–Crippen MR) is 93.9 cm³/mol. The van der Waals surface area contributed by atoms with Gasteiger partial charge in [-0.2, -0.15) is 0 Å². The highest BCUT2D eigenvalue weighted by Crippen LogP contribution is 2.15. The van der Waals surface area contributed by atoms with Gasteiger partial charge in [0.05, 0.1) is 6.04 Å². The molecule has 6 heteroatoms. The summed E-state index contributed by atoms with van der Waals surface area (Å²) < 4.78 is 5.38. The Morgan fingerprint density at radius 2 is 1.96 bits per heavy atom. The maximum Gasteiger partial charge on any atom is 0.273 e. The third-order valence-corrected chi connectivity index (χ3v) is 3.76. The number of nitrogens with two attached hydrogens (primary N) is 1. The van der Waals surface area contributed by atoms with Crippen LogP contribution < -0.4 is 11.1 Å². The Morgan fingerprint density at radius 1 is 1.16 bits per heavy atom. The number of pyridine rings is 1. The summed E-state index contributed by atoms with van der Waals surface area (Å²) in [5.74, 6) is 0.0802. The van der Waals surface area contributed by atoms with Gasteiger partial charge in [0.15, 0.2) is 5.69 Å². The summed E-state index contributed by atoms with van der Waals surface area (Å²) in [4.78, 5) is 20.6. The Morgan fingerprint density at radius 3 is 2.72 bits per heavy atom. The van der Waals surface area contributed by atoms with Crippen molar-refractivity contribution in [1.29, 1.82) is 0 Å². The first-order chi connectivity index (χ1) is 12.2. The van der Waals surface area contributed by atoms with E-state index in [1.807, 2.05) is 48.5 Å². The maximum atomic E-state index is 12.1. The lowest BCUT2D eigenvalue weighted by Crippen LogP contribution is -2.26. The van der Waals surface area contributed by atoms with Crippen molar-refractivity contribution in [2.75, 3.05) is 6.54 Å². The van der Waals surface area contributed by atoms with Crippen molar-refractivity contribution in [2.45, 2.75) is 18.9 Å². The Balaban J connectivity index is 1.52. The van der Waals surface area contributed by atoms with Gasteiger partial charge in [0.2, 0.25) is 5.89 Å². The highest BCUT2D eigenvalue weighted by Gasteiger charge is 2.17. The Hall–Kier alpha value is -2.99. The molecule has 3 rings (SSSR count). The molecule has 6 nitrogen and oxygen atoms in total. The summed E-state index contributed by atoms with van der Waals surface area (Å²) in [5.41, 5.74) is 8.37. The molecular formula is C19H20N4O2. The van der Waals surface area contributed by atoms with Gasteiger partial charge in [-0.1, -0.05) is 36.4 Å². The quantitative estimate of drug-likeness (QED) is 0.690. The van der Waals surface area contributed by atoms with E-state index in [9.17, 15) is 4.79 Å². The van der Waals surface area contributed by atoms with Crippen molar-refractivity contribution < 1.29 is 9.21 Å². The van der Waals surface area contributed by atoms with Gasteiger partial charge in [-0.05, 0) is 24.1 Å². The number of carbonyl (C=O) groups is 1. The number of hydrogen-bond acceptors (Lipinski definition) is 5. The van der Waals surface area contributed by atoms with E-state index >= 15 is 0 Å². The number of nitrogens with zero attached hydrogens (tertiary/aromatic N) is 2. The number of rotatable bonds is 7. The molecule has 1 atom stereocenters. The molecule has 0 saturated heterocycles. The third kappa shape index (κ3) is 4.74. The minimum absolute atomic E-state index is 0.236. The monoisotopic (exact) mass is 336 g/mol. The van der Waals surface area contributed by atoms with Gasteiger partial charge in [0.25, 0.3) is 5.91 Å². The van der Waals surface area contributed by atoms with E-state index in [1.165, 1.54) is 6.26 Å². The molecule has 0 radical (unpaired) electrons. The molecule has 1 amide bonds. The van der Waals surface area contributed by atoms with Crippen LogP contribution in [0.1, 0.15) is 33.7 Å². The van der Waals surface area contributed by atoms with Crippen LogP contribution in [-0.4, -0.2) is 22.4 Å². The van der Waals surface area contributed by atoms with Gasteiger partial charge < -0.3 is 15.5 Å². The van der Waals surface area contributed by atoms with Crippen molar-refractivity contribution in [1.82, 2.24) is 15.3 Å². The van der Waals surface area contributed by atoms with Crippen LogP contribution in [0.15, 0.2) is 65.4 Å². The largest absolute Gasteiger partial charge is 0.446 e. The van der Waals surface area contributed by atoms with E-state index < -0.39 is 6.04 Å². The Kier molecular flexibility index (Phi) is 5.53. The lowest BCUT2D eigenvalue weighted by atomic mass is 10.1. The number of aromatic nitrogens is 2. The first-order valence-corrected chi connectivity index (χ1v) is 8.15. The number of benzene rings is 1. The van der Waals surface area contributed by atoms with E-state index in [0.29, 0.717) is 25.3 Å². The number of nitrogens with one attached hydrogen (secondary N) is 1. The van der Waals surface area contributed by atoms with Crippen LogP contribution in [0.25, 0.3) is 0 Å². The van der Waals surface area contributed by atoms with Gasteiger partial charge in [0.1, 0.15) is 6.26 Å². The smallest absolute Gasteiger partial charge is 0.273 e. The van der Waals surface area contributed by atoms with Crippen LogP contribution in [0.3, 0.4) is 0 Å². The second-order valence-electron chi connectivity index (χ2n) is 5.69. The van der Waals surface area contributed by atoms with Crippen LogP contribution in [-0.2, 0) is 12.8 Å². The zero-order chi connectivity index (χ0) is 17.5. The lowest BCUT2D eigenvalue weighted by molar-refractivity contribution is 0.0949. The summed E-state index contributed by atoms with van der Waals surface area (Å²) in [6.45, 7) is 0.480. The molecule has 1 unspecified atom stereocenters. The van der Waals surface area contributed by atoms with Gasteiger partial charge in [-0.15, -0.1) is 0 Å². The summed E-state index contributed by atoms with van der Waals surface area (Å²) in [5, 5.41) is 2.81. The Labute approximate surface area is 146 Å². The molecule has 3 aromatic rings. The highest BCUT2D eigenvalue weighted by atomic mass is 16.3. The minimum Gasteiger partial charge on any atom is -0.446 e. The van der Waals surface area contributed by atoms with Crippen molar-refractivity contribution in [3.8, 4) is 0 Å². The van der Waals surface area contributed by atoms with Gasteiger partial charge in [-0.3, -0.25) is 9.78 Å². The second-order valence-corrected chi connectivity index (χ2v) is 5.69. The highest BCUT2D eigenvalue weighted by molar-refractivity contribution is 5.91. The third-order valence-electron chi connectivity index (χ3n) is 3.76.